The summed E-state index contributed by atoms with van der Waals surface area (Å²) >= 11 is 0. The van der Waals surface area contributed by atoms with Crippen LogP contribution in [-0.2, 0) is 7.05 Å². The Hall–Kier alpha value is -1.52. The van der Waals surface area contributed by atoms with Crippen molar-refractivity contribution in [1.29, 1.82) is 0 Å². The van der Waals surface area contributed by atoms with Gasteiger partial charge in [-0.25, -0.2) is 4.79 Å². The summed E-state index contributed by atoms with van der Waals surface area (Å²) < 4.78 is 1.42. The Morgan fingerprint density at radius 3 is 2.60 bits per heavy atom. The molecule has 0 saturated carbocycles. The second kappa shape index (κ2) is 3.92. The largest absolute Gasteiger partial charge is 0.477 e. The average Bonchev–Trinajstić information content (AvgIpc) is 2.62. The van der Waals surface area contributed by atoms with E-state index in [1.54, 1.807) is 13.1 Å². The molecule has 0 unspecified atom stereocenters. The molecule has 1 aliphatic rings. The van der Waals surface area contributed by atoms with Gasteiger partial charge in [-0.1, -0.05) is 0 Å². The van der Waals surface area contributed by atoms with Gasteiger partial charge in [-0.2, -0.15) is 5.10 Å². The molecule has 1 N–H and O–H groups in total. The minimum atomic E-state index is -0.923. The fourth-order valence-corrected chi connectivity index (χ4v) is 1.93. The van der Waals surface area contributed by atoms with E-state index >= 15 is 0 Å². The van der Waals surface area contributed by atoms with Crippen molar-refractivity contribution < 1.29 is 9.90 Å². The van der Waals surface area contributed by atoms with Crippen LogP contribution in [-0.4, -0.2) is 33.9 Å². The third kappa shape index (κ3) is 1.95. The van der Waals surface area contributed by atoms with E-state index in [2.05, 4.69) is 10.00 Å². The molecule has 0 atom stereocenters. The van der Waals surface area contributed by atoms with Crippen LogP contribution in [0.2, 0.25) is 0 Å². The van der Waals surface area contributed by atoms with Gasteiger partial charge in [0.15, 0.2) is 5.82 Å². The summed E-state index contributed by atoms with van der Waals surface area (Å²) in [6.45, 7) is 1.96. The molecular formula is C10H15N3O2. The van der Waals surface area contributed by atoms with E-state index < -0.39 is 5.97 Å². The molecule has 1 saturated heterocycles. The quantitative estimate of drug-likeness (QED) is 0.792. The zero-order valence-electron chi connectivity index (χ0n) is 8.81. The summed E-state index contributed by atoms with van der Waals surface area (Å²) in [7, 11) is 1.66. The van der Waals surface area contributed by atoms with Gasteiger partial charge in [0.05, 0.1) is 0 Å². The zero-order chi connectivity index (χ0) is 10.8. The highest BCUT2D eigenvalue weighted by atomic mass is 16.4. The fourth-order valence-electron chi connectivity index (χ4n) is 1.93. The molecule has 82 valence electrons. The Balaban J connectivity index is 2.21. The van der Waals surface area contributed by atoms with E-state index in [0.717, 1.165) is 18.9 Å². The van der Waals surface area contributed by atoms with Crippen LogP contribution in [0.15, 0.2) is 6.07 Å². The zero-order valence-corrected chi connectivity index (χ0v) is 8.81. The summed E-state index contributed by atoms with van der Waals surface area (Å²) in [4.78, 5) is 13.0. The second-order valence-electron chi connectivity index (χ2n) is 3.86. The molecule has 1 aromatic heterocycles. The van der Waals surface area contributed by atoms with Crippen molar-refractivity contribution >= 4 is 11.8 Å². The number of anilines is 1. The smallest absolute Gasteiger partial charge is 0.354 e. The van der Waals surface area contributed by atoms with Gasteiger partial charge in [-0.3, -0.25) is 4.68 Å². The lowest BCUT2D eigenvalue weighted by Gasteiger charge is -2.26. The number of aryl methyl sites for hydroxylation is 1. The molecule has 1 aromatic rings. The second-order valence-corrected chi connectivity index (χ2v) is 3.86. The Morgan fingerprint density at radius 2 is 2.07 bits per heavy atom. The number of hydrogen-bond acceptors (Lipinski definition) is 3. The van der Waals surface area contributed by atoms with E-state index in [1.807, 2.05) is 0 Å². The first kappa shape index (κ1) is 10.0. The number of hydrogen-bond donors (Lipinski definition) is 1. The van der Waals surface area contributed by atoms with E-state index in [4.69, 9.17) is 5.11 Å². The van der Waals surface area contributed by atoms with Crippen LogP contribution in [0.3, 0.4) is 0 Å². The summed E-state index contributed by atoms with van der Waals surface area (Å²) in [5.41, 5.74) is 0.246. The van der Waals surface area contributed by atoms with Gasteiger partial charge in [0.2, 0.25) is 0 Å². The highest BCUT2D eigenvalue weighted by Gasteiger charge is 2.17. The SMILES string of the molecule is Cn1nc(N2CCCCC2)cc1C(=O)O. The summed E-state index contributed by atoms with van der Waals surface area (Å²) in [5, 5.41) is 13.1. The van der Waals surface area contributed by atoms with Crippen LogP contribution in [0.25, 0.3) is 0 Å². The third-order valence-electron chi connectivity index (χ3n) is 2.77. The normalized spacial score (nSPS) is 16.7. The monoisotopic (exact) mass is 209 g/mol. The number of piperidine rings is 1. The van der Waals surface area contributed by atoms with Crippen LogP contribution >= 0.6 is 0 Å². The molecule has 0 amide bonds. The third-order valence-corrected chi connectivity index (χ3v) is 2.77. The topological polar surface area (TPSA) is 58.4 Å². The molecule has 1 aliphatic heterocycles. The first-order chi connectivity index (χ1) is 7.18. The maximum atomic E-state index is 10.8. The van der Waals surface area contributed by atoms with E-state index in [9.17, 15) is 4.79 Å². The molecule has 15 heavy (non-hydrogen) atoms. The highest BCUT2D eigenvalue weighted by Crippen LogP contribution is 2.19. The molecular weight excluding hydrogens is 194 g/mol. The van der Waals surface area contributed by atoms with Crippen molar-refractivity contribution in [2.45, 2.75) is 19.3 Å². The number of rotatable bonds is 2. The van der Waals surface area contributed by atoms with Crippen LogP contribution in [0, 0.1) is 0 Å². The lowest BCUT2D eigenvalue weighted by molar-refractivity contribution is 0.0685. The van der Waals surface area contributed by atoms with Crippen LogP contribution in [0.4, 0.5) is 5.82 Å². The molecule has 0 aromatic carbocycles. The summed E-state index contributed by atoms with van der Waals surface area (Å²) in [6.07, 6.45) is 3.59. The predicted octanol–water partition coefficient (Wildman–Crippen LogP) is 1.11. The van der Waals surface area contributed by atoms with E-state index in [1.165, 1.54) is 23.9 Å². The molecule has 0 spiro atoms. The molecule has 2 heterocycles. The van der Waals surface area contributed by atoms with E-state index in [-0.39, 0.29) is 5.69 Å². The van der Waals surface area contributed by atoms with Crippen LogP contribution in [0.1, 0.15) is 29.8 Å². The number of aromatic nitrogens is 2. The molecule has 1 fully saturated rings. The molecule has 0 bridgehead atoms. The van der Waals surface area contributed by atoms with Crippen molar-refractivity contribution in [3.8, 4) is 0 Å². The molecule has 0 aliphatic carbocycles. The minimum Gasteiger partial charge on any atom is -0.477 e. The fraction of sp³-hybridized carbons (Fsp3) is 0.600. The Bertz CT molecular complexity index is 367. The van der Waals surface area contributed by atoms with E-state index in [0.29, 0.717) is 0 Å². The lowest BCUT2D eigenvalue weighted by atomic mass is 10.1. The Morgan fingerprint density at radius 1 is 1.40 bits per heavy atom. The highest BCUT2D eigenvalue weighted by molar-refractivity contribution is 5.86. The average molecular weight is 209 g/mol. The first-order valence-corrected chi connectivity index (χ1v) is 5.21. The van der Waals surface area contributed by atoms with Crippen molar-refractivity contribution in [3.63, 3.8) is 0 Å². The van der Waals surface area contributed by atoms with Gasteiger partial charge in [-0.15, -0.1) is 0 Å². The van der Waals surface area contributed by atoms with Gasteiger partial charge in [0.1, 0.15) is 5.69 Å². The van der Waals surface area contributed by atoms with Crippen molar-refractivity contribution in [2.75, 3.05) is 18.0 Å². The van der Waals surface area contributed by atoms with Gasteiger partial charge < -0.3 is 10.0 Å². The van der Waals surface area contributed by atoms with Crippen LogP contribution in [0.5, 0.6) is 0 Å². The minimum absolute atomic E-state index is 0.246. The number of carboxylic acids is 1. The molecule has 0 radical (unpaired) electrons. The molecule has 2 rings (SSSR count). The first-order valence-electron chi connectivity index (χ1n) is 5.21. The number of nitrogens with zero attached hydrogens (tertiary/aromatic N) is 3. The van der Waals surface area contributed by atoms with Gasteiger partial charge in [-0.05, 0) is 19.3 Å². The maximum Gasteiger partial charge on any atom is 0.354 e. The summed E-state index contributed by atoms with van der Waals surface area (Å²) in [6, 6.07) is 1.65. The number of carbonyl (C=O) groups is 1. The molecule has 5 heteroatoms. The predicted molar refractivity (Wildman–Crippen MR) is 56.2 cm³/mol. The van der Waals surface area contributed by atoms with Crippen molar-refractivity contribution in [1.82, 2.24) is 9.78 Å². The number of aromatic carboxylic acids is 1. The van der Waals surface area contributed by atoms with Crippen molar-refractivity contribution in [2.24, 2.45) is 7.05 Å². The summed E-state index contributed by atoms with van der Waals surface area (Å²) in [5.74, 6) is -0.136. The Kier molecular flexibility index (Phi) is 2.62. The standard InChI is InChI=1S/C10H15N3O2/c1-12-8(10(14)15)7-9(11-12)13-5-3-2-4-6-13/h7H,2-6H2,1H3,(H,14,15). The molecule has 5 nitrogen and oxygen atoms in total. The van der Waals surface area contributed by atoms with Gasteiger partial charge in [0.25, 0.3) is 0 Å². The Labute approximate surface area is 88.3 Å². The lowest BCUT2D eigenvalue weighted by Crippen LogP contribution is -2.29. The maximum absolute atomic E-state index is 10.8. The number of carboxylic acid groups (broad SMARTS) is 1. The van der Waals surface area contributed by atoms with Gasteiger partial charge >= 0.3 is 5.97 Å². The van der Waals surface area contributed by atoms with Crippen molar-refractivity contribution in [3.05, 3.63) is 11.8 Å². The van der Waals surface area contributed by atoms with Gasteiger partial charge in [0, 0.05) is 26.2 Å². The van der Waals surface area contributed by atoms with Crippen LogP contribution < -0.4 is 4.90 Å².